The molecule has 0 aliphatic heterocycles. The maximum Gasteiger partial charge on any atom is 0.267 e. The first-order chi connectivity index (χ1) is 17.2. The molecule has 1 fully saturated rings. The summed E-state index contributed by atoms with van der Waals surface area (Å²) in [5, 5.41) is 2.86. The average molecular weight is 515 g/mol. The van der Waals surface area contributed by atoms with Gasteiger partial charge >= 0.3 is 0 Å². The molecule has 2 aromatic carbocycles. The largest absolute Gasteiger partial charge is 0.357 e. The van der Waals surface area contributed by atoms with Crippen molar-refractivity contribution in [2.75, 3.05) is 17.1 Å². The van der Waals surface area contributed by atoms with Gasteiger partial charge in [0.25, 0.3) is 10.0 Å². The van der Waals surface area contributed by atoms with Crippen LogP contribution in [0.25, 0.3) is 22.6 Å². The number of rotatable bonds is 7. The van der Waals surface area contributed by atoms with Crippen molar-refractivity contribution in [1.82, 2.24) is 19.9 Å². The average Bonchev–Trinajstić information content (AvgIpc) is 3.59. The highest BCUT2D eigenvalue weighted by Gasteiger charge is 2.30. The number of nitrogens with one attached hydrogen (secondary N) is 3. The predicted molar refractivity (Wildman–Crippen MR) is 128 cm³/mol. The SMILES string of the molecule is CNc1nccc(-c2[nH]c(C3CC3)nc2-c2cc(F)cc(NS(=O)(=O)c3c(F)cccc3F)c2C)n1. The molecule has 0 unspecified atom stereocenters. The first kappa shape index (κ1) is 23.8. The highest BCUT2D eigenvalue weighted by atomic mass is 32.2. The van der Waals surface area contributed by atoms with Crippen LogP contribution < -0.4 is 10.0 Å². The molecule has 12 heteroatoms. The summed E-state index contributed by atoms with van der Waals surface area (Å²) < 4.78 is 71.0. The highest BCUT2D eigenvalue weighted by molar-refractivity contribution is 7.92. The van der Waals surface area contributed by atoms with Gasteiger partial charge in [0.1, 0.15) is 23.3 Å². The van der Waals surface area contributed by atoms with Crippen LogP contribution in [0, 0.1) is 24.4 Å². The second kappa shape index (κ2) is 8.94. The molecular weight excluding hydrogens is 493 g/mol. The summed E-state index contributed by atoms with van der Waals surface area (Å²) >= 11 is 0. The topological polar surface area (TPSA) is 113 Å². The molecule has 1 aliphatic carbocycles. The fourth-order valence-electron chi connectivity index (χ4n) is 3.91. The maximum atomic E-state index is 14.8. The minimum atomic E-state index is -4.71. The molecule has 0 bridgehead atoms. The van der Waals surface area contributed by atoms with E-state index in [-0.39, 0.29) is 11.6 Å². The summed E-state index contributed by atoms with van der Waals surface area (Å²) in [5.41, 5.74) is 1.82. The molecule has 0 radical (unpaired) electrons. The van der Waals surface area contributed by atoms with Gasteiger partial charge in [0.2, 0.25) is 5.95 Å². The predicted octanol–water partition coefficient (Wildman–Crippen LogP) is 4.98. The summed E-state index contributed by atoms with van der Waals surface area (Å²) in [6, 6.07) is 6.57. The fraction of sp³-hybridized carbons (Fsp3) is 0.208. The van der Waals surface area contributed by atoms with Crippen LogP contribution in [-0.4, -0.2) is 35.4 Å². The number of H-pyrrole nitrogens is 1. The van der Waals surface area contributed by atoms with Gasteiger partial charge in [0, 0.05) is 24.7 Å². The molecule has 0 atom stereocenters. The van der Waals surface area contributed by atoms with Crippen LogP contribution in [0.3, 0.4) is 0 Å². The van der Waals surface area contributed by atoms with Crippen LogP contribution in [0.15, 0.2) is 47.5 Å². The Morgan fingerprint density at radius 2 is 1.78 bits per heavy atom. The van der Waals surface area contributed by atoms with Gasteiger partial charge in [-0.3, -0.25) is 4.72 Å². The normalized spacial score (nSPS) is 13.6. The van der Waals surface area contributed by atoms with Crippen LogP contribution in [-0.2, 0) is 10.0 Å². The van der Waals surface area contributed by atoms with Crippen LogP contribution in [0.2, 0.25) is 0 Å². The minimum absolute atomic E-state index is 0.173. The van der Waals surface area contributed by atoms with E-state index in [1.807, 2.05) is 0 Å². The van der Waals surface area contributed by atoms with Gasteiger partial charge in [0.15, 0.2) is 4.90 Å². The lowest BCUT2D eigenvalue weighted by Crippen LogP contribution is -2.17. The lowest BCUT2D eigenvalue weighted by atomic mass is 10.0. The van der Waals surface area contributed by atoms with Crippen molar-refractivity contribution in [2.24, 2.45) is 0 Å². The number of aromatic nitrogens is 4. The molecule has 0 saturated heterocycles. The Morgan fingerprint density at radius 3 is 2.44 bits per heavy atom. The second-order valence-electron chi connectivity index (χ2n) is 8.42. The third kappa shape index (κ3) is 4.39. The first-order valence-electron chi connectivity index (χ1n) is 11.1. The zero-order valence-corrected chi connectivity index (χ0v) is 20.0. The Bertz CT molecular complexity index is 1560. The van der Waals surface area contributed by atoms with Gasteiger partial charge in [0.05, 0.1) is 22.8 Å². The molecule has 1 saturated carbocycles. The Hall–Kier alpha value is -3.93. The summed E-state index contributed by atoms with van der Waals surface area (Å²) in [6.45, 7) is 1.57. The van der Waals surface area contributed by atoms with Gasteiger partial charge in [-0.15, -0.1) is 0 Å². The number of nitrogens with zero attached hydrogens (tertiary/aromatic N) is 3. The van der Waals surface area contributed by atoms with E-state index in [1.54, 1.807) is 26.2 Å². The molecule has 8 nitrogen and oxygen atoms in total. The lowest BCUT2D eigenvalue weighted by Gasteiger charge is -2.15. The van der Waals surface area contributed by atoms with Gasteiger partial charge in [-0.25, -0.2) is 36.5 Å². The van der Waals surface area contributed by atoms with Gasteiger partial charge < -0.3 is 10.3 Å². The number of sulfonamides is 1. The van der Waals surface area contributed by atoms with Crippen molar-refractivity contribution in [3.8, 4) is 22.6 Å². The van der Waals surface area contributed by atoms with Gasteiger partial charge in [-0.05, 0) is 55.7 Å². The number of benzene rings is 2. The van der Waals surface area contributed by atoms with Crippen molar-refractivity contribution in [3.63, 3.8) is 0 Å². The van der Waals surface area contributed by atoms with E-state index in [0.717, 1.165) is 37.1 Å². The molecular formula is C24H21F3N6O2S. The molecule has 0 spiro atoms. The summed E-state index contributed by atoms with van der Waals surface area (Å²) in [6.07, 6.45) is 3.48. The van der Waals surface area contributed by atoms with E-state index in [4.69, 9.17) is 4.98 Å². The molecule has 5 rings (SSSR count). The fourth-order valence-corrected chi connectivity index (χ4v) is 5.16. The highest BCUT2D eigenvalue weighted by Crippen LogP contribution is 2.43. The molecule has 3 N–H and O–H groups in total. The van der Waals surface area contributed by atoms with Crippen molar-refractivity contribution in [1.29, 1.82) is 0 Å². The minimum Gasteiger partial charge on any atom is -0.357 e. The number of hydrogen-bond donors (Lipinski definition) is 3. The third-order valence-corrected chi connectivity index (χ3v) is 7.30. The number of imidazole rings is 1. The van der Waals surface area contributed by atoms with Crippen LogP contribution in [0.5, 0.6) is 0 Å². The Kier molecular flexibility index (Phi) is 5.91. The van der Waals surface area contributed by atoms with Crippen LogP contribution in [0.1, 0.15) is 30.1 Å². The third-order valence-electron chi connectivity index (χ3n) is 5.88. The maximum absolute atomic E-state index is 14.8. The molecule has 186 valence electrons. The quantitative estimate of drug-likeness (QED) is 0.321. The van der Waals surface area contributed by atoms with E-state index in [0.29, 0.717) is 40.0 Å². The summed E-state index contributed by atoms with van der Waals surface area (Å²) in [5.74, 6) is -1.96. The lowest BCUT2D eigenvalue weighted by molar-refractivity contribution is 0.521. The molecule has 4 aromatic rings. The Balaban J connectivity index is 1.64. The number of anilines is 2. The van der Waals surface area contributed by atoms with Crippen molar-refractivity contribution in [3.05, 3.63) is 71.4 Å². The molecule has 36 heavy (non-hydrogen) atoms. The van der Waals surface area contributed by atoms with E-state index in [1.165, 1.54) is 6.07 Å². The Morgan fingerprint density at radius 1 is 1.06 bits per heavy atom. The number of aromatic amines is 1. The molecule has 0 amide bonds. The van der Waals surface area contributed by atoms with E-state index >= 15 is 0 Å². The van der Waals surface area contributed by atoms with E-state index in [9.17, 15) is 21.6 Å². The smallest absolute Gasteiger partial charge is 0.267 e. The standard InChI is InChI=1S/C24H21F3N6O2S/c1-12-15(10-14(25)11-19(12)33-36(34,35)22-16(26)4-3-5-17(22)27)20-21(32-23(31-20)13-6-7-13)18-8-9-29-24(28-2)30-18/h3-5,8-11,13,33H,6-7H2,1-2H3,(H,31,32)(H,28,29,30). The zero-order valence-electron chi connectivity index (χ0n) is 19.2. The van der Waals surface area contributed by atoms with Gasteiger partial charge in [-0.1, -0.05) is 6.07 Å². The molecule has 1 aliphatic rings. The summed E-state index contributed by atoms with van der Waals surface area (Å²) in [7, 11) is -3.03. The van der Waals surface area contributed by atoms with E-state index in [2.05, 4.69) is 25.0 Å². The van der Waals surface area contributed by atoms with Crippen LogP contribution >= 0.6 is 0 Å². The Labute approximate surface area is 205 Å². The van der Waals surface area contributed by atoms with Crippen molar-refractivity contribution in [2.45, 2.75) is 30.6 Å². The van der Waals surface area contributed by atoms with Gasteiger partial charge in [-0.2, -0.15) is 0 Å². The van der Waals surface area contributed by atoms with Crippen molar-refractivity contribution < 1.29 is 21.6 Å². The second-order valence-corrected chi connectivity index (χ2v) is 10.0. The molecule has 2 heterocycles. The number of halogens is 3. The monoisotopic (exact) mass is 514 g/mol. The van der Waals surface area contributed by atoms with Crippen LogP contribution in [0.4, 0.5) is 24.8 Å². The summed E-state index contributed by atoms with van der Waals surface area (Å²) in [4.78, 5) is 15.4. The zero-order chi connectivity index (χ0) is 25.6. The number of hydrogen-bond acceptors (Lipinski definition) is 6. The van der Waals surface area contributed by atoms with Crippen molar-refractivity contribution >= 4 is 21.7 Å². The molecule has 2 aromatic heterocycles. The first-order valence-corrected chi connectivity index (χ1v) is 12.5. The van der Waals surface area contributed by atoms with E-state index < -0.39 is 32.4 Å².